The Morgan fingerprint density at radius 1 is 1.27 bits per heavy atom. The molecule has 0 amide bonds. The van der Waals surface area contributed by atoms with Crippen LogP contribution in [0.4, 0.5) is 0 Å². The topological polar surface area (TPSA) is 87.6 Å². The van der Waals surface area contributed by atoms with Crippen molar-refractivity contribution < 1.29 is 14.6 Å². The Kier molecular flexibility index (Phi) is 5.84. The Balaban J connectivity index is 2.28. The zero-order valence-corrected chi connectivity index (χ0v) is 17.0. The maximum Gasteiger partial charge on any atom is 0.335 e. The van der Waals surface area contributed by atoms with Crippen molar-refractivity contribution in [2.24, 2.45) is 0 Å². The van der Waals surface area contributed by atoms with Gasteiger partial charge in [-0.05, 0) is 43.2 Å². The van der Waals surface area contributed by atoms with Gasteiger partial charge in [0.25, 0.3) is 0 Å². The van der Waals surface area contributed by atoms with Crippen molar-refractivity contribution in [2.75, 3.05) is 7.11 Å². The summed E-state index contributed by atoms with van der Waals surface area (Å²) in [5.41, 5.74) is 4.67. The van der Waals surface area contributed by atoms with Crippen molar-refractivity contribution in [3.8, 4) is 17.3 Å². The number of carboxylic acids is 1. The first-order valence-corrected chi connectivity index (χ1v) is 9.21. The molecule has 30 heavy (non-hydrogen) atoms. The molecule has 0 saturated heterocycles. The van der Waals surface area contributed by atoms with Gasteiger partial charge in [-0.15, -0.1) is 0 Å². The van der Waals surface area contributed by atoms with E-state index in [1.165, 1.54) is 12.1 Å². The van der Waals surface area contributed by atoms with Crippen LogP contribution in [0.5, 0.6) is 0 Å². The number of benzene rings is 1. The minimum atomic E-state index is -1.05. The number of nitriles is 1. The van der Waals surface area contributed by atoms with Crippen molar-refractivity contribution in [3.63, 3.8) is 0 Å². The smallest absolute Gasteiger partial charge is 0.335 e. The third-order valence-electron chi connectivity index (χ3n) is 4.72. The average molecular weight is 399 g/mol. The molecule has 0 radical (unpaired) electrons. The number of ether oxygens (including phenoxy) is 1. The third-order valence-corrected chi connectivity index (χ3v) is 4.72. The number of allylic oxidation sites excluding steroid dienone is 5. The molecule has 3 aromatic rings. The van der Waals surface area contributed by atoms with E-state index in [1.54, 1.807) is 17.7 Å². The van der Waals surface area contributed by atoms with E-state index in [-0.39, 0.29) is 5.56 Å². The summed E-state index contributed by atoms with van der Waals surface area (Å²) in [6, 6.07) is 12.7. The molecule has 0 bridgehead atoms. The highest BCUT2D eigenvalue weighted by molar-refractivity contribution is 5.91. The first-order chi connectivity index (χ1) is 14.4. The van der Waals surface area contributed by atoms with E-state index < -0.39 is 5.97 Å². The summed E-state index contributed by atoms with van der Waals surface area (Å²) in [5.74, 6) is -0.299. The molecule has 0 unspecified atom stereocenters. The first-order valence-electron chi connectivity index (χ1n) is 9.21. The fraction of sp³-hybridized carbons (Fsp3) is 0.125. The maximum atomic E-state index is 11.3. The van der Waals surface area contributed by atoms with Gasteiger partial charge in [0.1, 0.15) is 17.4 Å². The molecule has 0 fully saturated rings. The Labute approximate surface area is 174 Å². The van der Waals surface area contributed by atoms with Gasteiger partial charge in [-0.25, -0.2) is 9.78 Å². The molecule has 2 heterocycles. The summed E-state index contributed by atoms with van der Waals surface area (Å²) < 4.78 is 6.81. The molecule has 150 valence electrons. The molecule has 1 aromatic carbocycles. The predicted octanol–water partition coefficient (Wildman–Crippen LogP) is 5.08. The molecular weight excluding hydrogens is 378 g/mol. The van der Waals surface area contributed by atoms with Crippen LogP contribution in [0.3, 0.4) is 0 Å². The third kappa shape index (κ3) is 3.87. The van der Waals surface area contributed by atoms with Gasteiger partial charge in [0.05, 0.1) is 18.4 Å². The van der Waals surface area contributed by atoms with Crippen molar-refractivity contribution in [2.45, 2.75) is 13.8 Å². The van der Waals surface area contributed by atoms with E-state index in [1.807, 2.05) is 50.3 Å². The van der Waals surface area contributed by atoms with Crippen molar-refractivity contribution in [1.82, 2.24) is 9.38 Å². The summed E-state index contributed by atoms with van der Waals surface area (Å²) in [4.78, 5) is 15.9. The van der Waals surface area contributed by atoms with Gasteiger partial charge in [-0.2, -0.15) is 5.26 Å². The van der Waals surface area contributed by atoms with Crippen LogP contribution in [0.25, 0.3) is 22.5 Å². The number of fused-ring (bicyclic) bond motifs is 1. The number of pyridine rings is 1. The number of imidazole rings is 1. The van der Waals surface area contributed by atoms with Crippen molar-refractivity contribution >= 4 is 17.2 Å². The fourth-order valence-electron chi connectivity index (χ4n) is 3.13. The quantitative estimate of drug-likeness (QED) is 0.461. The molecule has 0 atom stereocenters. The summed E-state index contributed by atoms with van der Waals surface area (Å²) in [7, 11) is 1.61. The number of carbonyl (C=O) groups is 1. The second kappa shape index (κ2) is 8.50. The van der Waals surface area contributed by atoms with Crippen LogP contribution in [-0.2, 0) is 4.74 Å². The Bertz CT molecular complexity index is 1260. The molecule has 0 saturated carbocycles. The van der Waals surface area contributed by atoms with Crippen LogP contribution in [0.15, 0.2) is 72.7 Å². The molecule has 0 aliphatic rings. The van der Waals surface area contributed by atoms with E-state index in [0.29, 0.717) is 17.0 Å². The molecule has 6 nitrogen and oxygen atoms in total. The lowest BCUT2D eigenvalue weighted by Gasteiger charge is -2.12. The molecule has 3 rings (SSSR count). The van der Waals surface area contributed by atoms with Gasteiger partial charge in [0.2, 0.25) is 0 Å². The molecule has 0 spiro atoms. The lowest BCUT2D eigenvalue weighted by Crippen LogP contribution is -1.98. The molecule has 0 aliphatic carbocycles. The molecular formula is C24H21N3O3. The highest BCUT2D eigenvalue weighted by Gasteiger charge is 2.19. The minimum Gasteiger partial charge on any atom is -0.501 e. The second-order valence-corrected chi connectivity index (χ2v) is 6.76. The van der Waals surface area contributed by atoms with Gasteiger partial charge in [0.15, 0.2) is 5.69 Å². The molecule has 1 N–H and O–H groups in total. The minimum absolute atomic E-state index is 0.111. The summed E-state index contributed by atoms with van der Waals surface area (Å²) in [6.45, 7) is 7.86. The zero-order chi connectivity index (χ0) is 21.8. The molecule has 6 heteroatoms. The highest BCUT2D eigenvalue weighted by Crippen LogP contribution is 2.34. The van der Waals surface area contributed by atoms with E-state index in [4.69, 9.17) is 4.74 Å². The van der Waals surface area contributed by atoms with Crippen molar-refractivity contribution in [1.29, 1.82) is 5.26 Å². The van der Waals surface area contributed by atoms with Crippen molar-refractivity contribution in [3.05, 3.63) is 89.5 Å². The van der Waals surface area contributed by atoms with Crippen LogP contribution in [0.2, 0.25) is 0 Å². The Morgan fingerprint density at radius 2 is 2.00 bits per heavy atom. The number of methoxy groups -OCH3 is 1. The number of aromatic nitrogens is 2. The Morgan fingerprint density at radius 3 is 2.63 bits per heavy atom. The SMILES string of the molecule is C=C(C)/C(=C\C=C(/C)OC)c1ccccc1-c1nc2cc(C(=O)O)ccn2c1C#N. The number of aromatic carboxylic acids is 1. The van der Waals surface area contributed by atoms with Crippen LogP contribution in [0.1, 0.15) is 35.5 Å². The van der Waals surface area contributed by atoms with Crippen LogP contribution < -0.4 is 0 Å². The Hall–Kier alpha value is -4.11. The monoisotopic (exact) mass is 399 g/mol. The highest BCUT2D eigenvalue weighted by atomic mass is 16.5. The van der Waals surface area contributed by atoms with Gasteiger partial charge < -0.3 is 9.84 Å². The van der Waals surface area contributed by atoms with E-state index >= 15 is 0 Å². The number of nitrogens with zero attached hydrogens (tertiary/aromatic N) is 3. The van der Waals surface area contributed by atoms with Gasteiger partial charge in [-0.3, -0.25) is 4.40 Å². The van der Waals surface area contributed by atoms with Gasteiger partial charge in [0, 0.05) is 11.8 Å². The van der Waals surface area contributed by atoms with E-state index in [2.05, 4.69) is 17.6 Å². The number of carboxylic acid groups (broad SMARTS) is 1. The van der Waals surface area contributed by atoms with Crippen LogP contribution >= 0.6 is 0 Å². The zero-order valence-electron chi connectivity index (χ0n) is 17.0. The van der Waals surface area contributed by atoms with Crippen LogP contribution in [-0.4, -0.2) is 27.6 Å². The average Bonchev–Trinajstić information content (AvgIpc) is 3.11. The molecule has 2 aromatic heterocycles. The van der Waals surface area contributed by atoms with E-state index in [9.17, 15) is 15.2 Å². The fourth-order valence-corrected chi connectivity index (χ4v) is 3.13. The van der Waals surface area contributed by atoms with Crippen LogP contribution in [0, 0.1) is 11.3 Å². The normalized spacial score (nSPS) is 11.9. The summed E-state index contributed by atoms with van der Waals surface area (Å²) in [6.07, 6.45) is 5.33. The number of hydrogen-bond acceptors (Lipinski definition) is 4. The number of hydrogen-bond donors (Lipinski definition) is 1. The predicted molar refractivity (Wildman–Crippen MR) is 116 cm³/mol. The number of rotatable bonds is 6. The van der Waals surface area contributed by atoms with E-state index in [0.717, 1.165) is 28.0 Å². The van der Waals surface area contributed by atoms with Gasteiger partial charge in [-0.1, -0.05) is 42.5 Å². The standard InChI is InChI=1S/C24H21N3O3/c1-15(2)18(10-9-16(3)30-4)19-7-5-6-8-20(19)23-21(14-25)27-12-11-17(24(28)29)13-22(27)26-23/h5-13H,1H2,2-4H3,(H,28,29)/b16-9+,18-10+. The molecule has 0 aliphatic heterocycles. The lowest BCUT2D eigenvalue weighted by molar-refractivity contribution is 0.0697. The lowest BCUT2D eigenvalue weighted by atomic mass is 9.92. The first kappa shape index (κ1) is 20.6. The summed E-state index contributed by atoms with van der Waals surface area (Å²) in [5, 5.41) is 19.1. The summed E-state index contributed by atoms with van der Waals surface area (Å²) >= 11 is 0. The van der Waals surface area contributed by atoms with Gasteiger partial charge >= 0.3 is 5.97 Å². The second-order valence-electron chi connectivity index (χ2n) is 6.76. The largest absolute Gasteiger partial charge is 0.501 e. The maximum absolute atomic E-state index is 11.3.